The molecule has 8 heteroatoms. The van der Waals surface area contributed by atoms with Crippen molar-refractivity contribution in [2.45, 2.75) is 52.1 Å². The van der Waals surface area contributed by atoms with Crippen molar-refractivity contribution in [2.24, 2.45) is 0 Å². The quantitative estimate of drug-likeness (QED) is 0.296. The average Bonchev–Trinajstić information content (AvgIpc) is 3.28. The summed E-state index contributed by atoms with van der Waals surface area (Å²) in [5.74, 6) is -0.348. The lowest BCUT2D eigenvalue weighted by Gasteiger charge is -2.33. The second kappa shape index (κ2) is 10.1. The Morgan fingerprint density at radius 2 is 1.97 bits per heavy atom. The van der Waals surface area contributed by atoms with Crippen LogP contribution in [0.3, 0.4) is 0 Å². The predicted octanol–water partition coefficient (Wildman–Crippen LogP) is 4.43. The van der Waals surface area contributed by atoms with Gasteiger partial charge in [-0.2, -0.15) is 0 Å². The second-order valence-electron chi connectivity index (χ2n) is 9.44. The zero-order chi connectivity index (χ0) is 26.1. The van der Waals surface area contributed by atoms with Crippen LogP contribution in [0.25, 0.3) is 21.9 Å². The van der Waals surface area contributed by atoms with Gasteiger partial charge in [-0.3, -0.25) is 4.79 Å². The lowest BCUT2D eigenvalue weighted by molar-refractivity contribution is -0.154. The molecule has 0 saturated carbocycles. The topological polar surface area (TPSA) is 102 Å². The van der Waals surface area contributed by atoms with Gasteiger partial charge in [0.1, 0.15) is 17.4 Å². The molecule has 4 aromatic rings. The number of carbonyl (C=O) groups is 2. The molecule has 37 heavy (non-hydrogen) atoms. The maximum Gasteiger partial charge on any atom is 0.336 e. The molecular formula is C29H30N2O6. The number of ether oxygens (including phenoxy) is 2. The number of amides is 1. The van der Waals surface area contributed by atoms with Gasteiger partial charge in [0.25, 0.3) is 5.91 Å². The number of fused-ring (bicyclic) bond motifs is 4. The number of nitrogens with one attached hydrogen (secondary N) is 1. The maximum absolute atomic E-state index is 13.3. The van der Waals surface area contributed by atoms with Crippen LogP contribution in [0.5, 0.6) is 5.75 Å². The molecule has 0 radical (unpaired) electrons. The maximum atomic E-state index is 13.3. The van der Waals surface area contributed by atoms with Crippen molar-refractivity contribution in [2.75, 3.05) is 13.7 Å². The first-order valence-electron chi connectivity index (χ1n) is 12.6. The standard InChI is InChI=1S/C29H30N2O6/c1-4-5-8-18-13-27(33)37-28-17(2)25(12-11-19(18)28)36-16-26(32)31-15-23-21(14-24(31)29(34)35-3)20-9-6-7-10-22(20)30-23/h6-7,9-13,24,30H,4-5,8,14-16H2,1-3H3. The van der Waals surface area contributed by atoms with Crippen LogP contribution >= 0.6 is 0 Å². The fourth-order valence-corrected chi connectivity index (χ4v) is 5.18. The summed E-state index contributed by atoms with van der Waals surface area (Å²) < 4.78 is 16.5. The monoisotopic (exact) mass is 502 g/mol. The Bertz CT molecular complexity index is 1550. The number of rotatable bonds is 7. The van der Waals surface area contributed by atoms with Gasteiger partial charge >= 0.3 is 11.6 Å². The molecule has 1 amide bonds. The number of benzene rings is 2. The molecule has 0 aliphatic carbocycles. The van der Waals surface area contributed by atoms with Gasteiger partial charge in [-0.05, 0) is 49.1 Å². The summed E-state index contributed by atoms with van der Waals surface area (Å²) in [6.45, 7) is 3.89. The molecule has 0 saturated heterocycles. The van der Waals surface area contributed by atoms with Gasteiger partial charge in [0.2, 0.25) is 0 Å². The lowest BCUT2D eigenvalue weighted by atomic mass is 9.96. The minimum Gasteiger partial charge on any atom is -0.483 e. The van der Waals surface area contributed by atoms with Crippen LogP contribution in [0, 0.1) is 6.92 Å². The fourth-order valence-electron chi connectivity index (χ4n) is 5.18. The van der Waals surface area contributed by atoms with E-state index in [2.05, 4.69) is 11.9 Å². The summed E-state index contributed by atoms with van der Waals surface area (Å²) in [7, 11) is 1.33. The van der Waals surface area contributed by atoms with Crippen molar-refractivity contribution in [1.29, 1.82) is 0 Å². The third kappa shape index (κ3) is 4.59. The Kier molecular flexibility index (Phi) is 6.74. The number of aryl methyl sites for hydroxylation is 2. The van der Waals surface area contributed by atoms with E-state index in [0.717, 1.165) is 52.4 Å². The molecule has 3 heterocycles. The van der Waals surface area contributed by atoms with Crippen LogP contribution in [0.1, 0.15) is 42.1 Å². The molecule has 1 aliphatic rings. The number of aromatic nitrogens is 1. The third-order valence-corrected chi connectivity index (χ3v) is 7.15. The van der Waals surface area contributed by atoms with Gasteiger partial charge in [0.15, 0.2) is 6.61 Å². The lowest BCUT2D eigenvalue weighted by Crippen LogP contribution is -2.50. The third-order valence-electron chi connectivity index (χ3n) is 7.15. The minimum absolute atomic E-state index is 0.248. The Hall–Kier alpha value is -4.07. The van der Waals surface area contributed by atoms with E-state index in [-0.39, 0.29) is 19.1 Å². The van der Waals surface area contributed by atoms with Gasteiger partial charge in [-0.25, -0.2) is 9.59 Å². The molecule has 0 fully saturated rings. The van der Waals surface area contributed by atoms with E-state index in [1.54, 1.807) is 12.1 Å². The van der Waals surface area contributed by atoms with Crippen LogP contribution < -0.4 is 10.4 Å². The van der Waals surface area contributed by atoms with E-state index in [4.69, 9.17) is 13.9 Å². The number of H-pyrrole nitrogens is 1. The molecule has 2 aromatic carbocycles. The average molecular weight is 503 g/mol. The summed E-state index contributed by atoms with van der Waals surface area (Å²) in [5, 5.41) is 1.92. The van der Waals surface area contributed by atoms with Crippen molar-refractivity contribution < 1.29 is 23.5 Å². The highest BCUT2D eigenvalue weighted by Crippen LogP contribution is 2.32. The summed E-state index contributed by atoms with van der Waals surface area (Å²) in [6.07, 6.45) is 3.14. The summed E-state index contributed by atoms with van der Waals surface area (Å²) in [5.41, 5.74) is 4.56. The van der Waals surface area contributed by atoms with E-state index in [0.29, 0.717) is 23.3 Å². The van der Waals surface area contributed by atoms with E-state index >= 15 is 0 Å². The highest BCUT2D eigenvalue weighted by molar-refractivity contribution is 5.90. The molecule has 1 unspecified atom stereocenters. The first kappa shape index (κ1) is 24.6. The van der Waals surface area contributed by atoms with E-state index < -0.39 is 17.6 Å². The molecule has 0 bridgehead atoms. The Labute approximate surface area is 214 Å². The number of aromatic amines is 1. The van der Waals surface area contributed by atoms with Crippen LogP contribution in [-0.2, 0) is 33.7 Å². The van der Waals surface area contributed by atoms with Crippen LogP contribution in [0.15, 0.2) is 51.7 Å². The number of nitrogens with zero attached hydrogens (tertiary/aromatic N) is 1. The Morgan fingerprint density at radius 1 is 1.16 bits per heavy atom. The largest absolute Gasteiger partial charge is 0.483 e. The minimum atomic E-state index is -0.746. The normalized spacial score (nSPS) is 15.1. The Balaban J connectivity index is 1.39. The van der Waals surface area contributed by atoms with Crippen molar-refractivity contribution in [3.63, 3.8) is 0 Å². The number of hydrogen-bond acceptors (Lipinski definition) is 6. The number of unbranched alkanes of at least 4 members (excludes halogenated alkanes) is 1. The molecule has 5 rings (SSSR count). The van der Waals surface area contributed by atoms with Crippen LogP contribution in [0.4, 0.5) is 0 Å². The van der Waals surface area contributed by atoms with Crippen molar-refractivity contribution >= 4 is 33.7 Å². The predicted molar refractivity (Wildman–Crippen MR) is 140 cm³/mol. The zero-order valence-electron chi connectivity index (χ0n) is 21.3. The Morgan fingerprint density at radius 3 is 2.76 bits per heavy atom. The second-order valence-corrected chi connectivity index (χ2v) is 9.44. The number of para-hydroxylation sites is 1. The van der Waals surface area contributed by atoms with Crippen LogP contribution in [0.2, 0.25) is 0 Å². The molecular weight excluding hydrogens is 472 g/mol. The molecule has 192 valence electrons. The molecule has 8 nitrogen and oxygen atoms in total. The summed E-state index contributed by atoms with van der Waals surface area (Å²) >= 11 is 0. The zero-order valence-corrected chi connectivity index (χ0v) is 21.3. The van der Waals surface area contributed by atoms with Gasteiger partial charge in [-0.15, -0.1) is 0 Å². The van der Waals surface area contributed by atoms with Crippen molar-refractivity contribution in [1.82, 2.24) is 9.88 Å². The van der Waals surface area contributed by atoms with Crippen LogP contribution in [-0.4, -0.2) is 41.5 Å². The number of methoxy groups -OCH3 is 1. The van der Waals surface area contributed by atoms with Crippen molar-refractivity contribution in [3.05, 3.63) is 75.3 Å². The van der Waals surface area contributed by atoms with Gasteiger partial charge in [0, 0.05) is 40.0 Å². The first-order valence-corrected chi connectivity index (χ1v) is 12.6. The first-order chi connectivity index (χ1) is 17.9. The molecule has 1 N–H and O–H groups in total. The molecule has 1 aliphatic heterocycles. The summed E-state index contributed by atoms with van der Waals surface area (Å²) in [6, 6.07) is 12.3. The number of hydrogen-bond donors (Lipinski definition) is 1. The highest BCUT2D eigenvalue weighted by atomic mass is 16.5. The number of esters is 1. The molecule has 1 atom stereocenters. The smallest absolute Gasteiger partial charge is 0.336 e. The van der Waals surface area contributed by atoms with E-state index in [9.17, 15) is 14.4 Å². The molecule has 2 aromatic heterocycles. The van der Waals surface area contributed by atoms with Crippen molar-refractivity contribution in [3.8, 4) is 5.75 Å². The number of carbonyl (C=O) groups excluding carboxylic acids is 2. The summed E-state index contributed by atoms with van der Waals surface area (Å²) in [4.78, 5) is 43.1. The highest BCUT2D eigenvalue weighted by Gasteiger charge is 2.37. The van der Waals surface area contributed by atoms with E-state index in [1.807, 2.05) is 37.3 Å². The van der Waals surface area contributed by atoms with Gasteiger partial charge < -0.3 is 23.8 Å². The molecule has 0 spiro atoms. The SMILES string of the molecule is CCCCc1cc(=O)oc2c(C)c(OCC(=O)N3Cc4[nH]c5ccccc5c4CC3C(=O)OC)ccc12. The fraction of sp³-hybridized carbons (Fsp3) is 0.345. The van der Waals surface area contributed by atoms with Gasteiger partial charge in [-0.1, -0.05) is 31.5 Å². The van der Waals surface area contributed by atoms with E-state index in [1.165, 1.54) is 12.0 Å². The van der Waals surface area contributed by atoms with Gasteiger partial charge in [0.05, 0.1) is 13.7 Å².